The summed E-state index contributed by atoms with van der Waals surface area (Å²) in [4.78, 5) is 38.1. The zero-order chi connectivity index (χ0) is 57.8. The lowest BCUT2D eigenvalue weighted by Crippen LogP contribution is -2.30. The van der Waals surface area contributed by atoms with Crippen molar-refractivity contribution < 1.29 is 28.6 Å². The van der Waals surface area contributed by atoms with Crippen LogP contribution in [0.4, 0.5) is 0 Å². The van der Waals surface area contributed by atoms with E-state index in [1.54, 1.807) is 0 Å². The molecule has 6 nitrogen and oxygen atoms in total. The summed E-state index contributed by atoms with van der Waals surface area (Å²) in [6.07, 6.45) is 88.7. The highest BCUT2D eigenvalue weighted by Gasteiger charge is 2.19. The Labute approximate surface area is 498 Å². The van der Waals surface area contributed by atoms with Gasteiger partial charge in [0.15, 0.2) is 6.10 Å². The smallest absolute Gasteiger partial charge is 0.306 e. The van der Waals surface area contributed by atoms with Gasteiger partial charge in [0, 0.05) is 19.3 Å². The molecule has 0 rings (SSSR count). The number of esters is 3. The molecule has 6 heteroatoms. The van der Waals surface area contributed by atoms with Crippen LogP contribution in [0.1, 0.15) is 374 Å². The molecule has 0 aromatic heterocycles. The number of rotatable bonds is 65. The van der Waals surface area contributed by atoms with Crippen LogP contribution in [0.15, 0.2) is 60.8 Å². The second kappa shape index (κ2) is 68.6. The molecule has 0 aliphatic rings. The Bertz CT molecular complexity index is 1430. The van der Waals surface area contributed by atoms with Crippen molar-refractivity contribution in [3.63, 3.8) is 0 Å². The molecule has 0 aromatic rings. The molecular weight excluding hydrogens is 985 g/mol. The zero-order valence-electron chi connectivity index (χ0n) is 53.6. The second-order valence-electron chi connectivity index (χ2n) is 23.8. The lowest BCUT2D eigenvalue weighted by Gasteiger charge is -2.18. The van der Waals surface area contributed by atoms with Crippen LogP contribution < -0.4 is 0 Å². The van der Waals surface area contributed by atoms with Crippen molar-refractivity contribution in [3.05, 3.63) is 60.8 Å². The maximum atomic E-state index is 12.9. The third-order valence-corrected chi connectivity index (χ3v) is 15.7. The topological polar surface area (TPSA) is 78.9 Å². The molecule has 0 aromatic carbocycles. The number of unbranched alkanes of at least 4 members (excludes halogenated alkanes) is 44. The van der Waals surface area contributed by atoms with E-state index in [2.05, 4.69) is 81.5 Å². The van der Waals surface area contributed by atoms with Crippen LogP contribution in [0.3, 0.4) is 0 Å². The molecule has 0 fully saturated rings. The first-order valence-electron chi connectivity index (χ1n) is 35.3. The maximum absolute atomic E-state index is 12.9. The van der Waals surface area contributed by atoms with Crippen molar-refractivity contribution in [2.45, 2.75) is 380 Å². The van der Waals surface area contributed by atoms with Crippen LogP contribution in [-0.4, -0.2) is 37.2 Å². The summed E-state index contributed by atoms with van der Waals surface area (Å²) in [6, 6.07) is 0. The maximum Gasteiger partial charge on any atom is 0.306 e. The number of hydrogen-bond donors (Lipinski definition) is 0. The molecular formula is C74H134O6. The van der Waals surface area contributed by atoms with Crippen molar-refractivity contribution in [2.75, 3.05) is 13.2 Å². The molecule has 0 bridgehead atoms. The number of carbonyl (C=O) groups excluding carboxylic acids is 3. The predicted molar refractivity (Wildman–Crippen MR) is 348 cm³/mol. The van der Waals surface area contributed by atoms with Crippen LogP contribution in [0.2, 0.25) is 0 Å². The van der Waals surface area contributed by atoms with Crippen molar-refractivity contribution in [1.29, 1.82) is 0 Å². The SMILES string of the molecule is CCCCCCC/C=C\C/C=C\C/C=C\CCCCCCCCC(=O)OC(COC(=O)CCCCCCCC)COC(=O)CCCCCCCCCCCCCCCCCCCCCCCCC/C=C\C/C=C\CCCCCCC. The Morgan fingerprint density at radius 2 is 0.450 bits per heavy atom. The minimum absolute atomic E-state index is 0.0756. The van der Waals surface area contributed by atoms with Crippen molar-refractivity contribution in [1.82, 2.24) is 0 Å². The van der Waals surface area contributed by atoms with E-state index in [-0.39, 0.29) is 31.1 Å². The fraction of sp³-hybridized carbons (Fsp3) is 0.824. The van der Waals surface area contributed by atoms with Crippen molar-refractivity contribution >= 4 is 17.9 Å². The van der Waals surface area contributed by atoms with Crippen LogP contribution in [0.25, 0.3) is 0 Å². The average molecular weight is 1120 g/mol. The average Bonchev–Trinajstić information content (AvgIpc) is 3.46. The first-order chi connectivity index (χ1) is 39.5. The highest BCUT2D eigenvalue weighted by Crippen LogP contribution is 2.18. The van der Waals surface area contributed by atoms with E-state index in [0.29, 0.717) is 19.3 Å². The van der Waals surface area contributed by atoms with Gasteiger partial charge in [-0.2, -0.15) is 0 Å². The normalized spacial score (nSPS) is 12.4. The minimum Gasteiger partial charge on any atom is -0.462 e. The van der Waals surface area contributed by atoms with Gasteiger partial charge in [0.2, 0.25) is 0 Å². The summed E-state index contributed by atoms with van der Waals surface area (Å²) in [6.45, 7) is 6.59. The summed E-state index contributed by atoms with van der Waals surface area (Å²) >= 11 is 0. The Hall–Kier alpha value is -2.89. The molecule has 1 atom stereocenters. The number of ether oxygens (including phenoxy) is 3. The predicted octanol–water partition coefficient (Wildman–Crippen LogP) is 24.3. The van der Waals surface area contributed by atoms with E-state index >= 15 is 0 Å². The largest absolute Gasteiger partial charge is 0.462 e. The minimum atomic E-state index is -0.777. The number of allylic oxidation sites excluding steroid dienone is 10. The summed E-state index contributed by atoms with van der Waals surface area (Å²) in [5.41, 5.74) is 0. The zero-order valence-corrected chi connectivity index (χ0v) is 53.6. The van der Waals surface area contributed by atoms with E-state index in [1.165, 1.54) is 250 Å². The Kier molecular flexibility index (Phi) is 66.1. The van der Waals surface area contributed by atoms with Gasteiger partial charge in [-0.15, -0.1) is 0 Å². The monoisotopic (exact) mass is 1120 g/mol. The van der Waals surface area contributed by atoms with Crippen molar-refractivity contribution in [2.24, 2.45) is 0 Å². The van der Waals surface area contributed by atoms with E-state index in [4.69, 9.17) is 14.2 Å². The van der Waals surface area contributed by atoms with E-state index in [0.717, 1.165) is 83.5 Å². The summed E-state index contributed by atoms with van der Waals surface area (Å²) < 4.78 is 16.8. The summed E-state index contributed by atoms with van der Waals surface area (Å²) in [5.74, 6) is -0.879. The number of carbonyl (C=O) groups is 3. The Morgan fingerprint density at radius 1 is 0.250 bits per heavy atom. The van der Waals surface area contributed by atoms with Gasteiger partial charge in [-0.3, -0.25) is 14.4 Å². The Morgan fingerprint density at radius 3 is 0.700 bits per heavy atom. The molecule has 0 amide bonds. The fourth-order valence-electron chi connectivity index (χ4n) is 10.4. The van der Waals surface area contributed by atoms with Gasteiger partial charge in [0.1, 0.15) is 13.2 Å². The second-order valence-corrected chi connectivity index (χ2v) is 23.8. The van der Waals surface area contributed by atoms with Crippen LogP contribution in [0.5, 0.6) is 0 Å². The molecule has 0 aliphatic carbocycles. The third kappa shape index (κ3) is 65.9. The molecule has 80 heavy (non-hydrogen) atoms. The molecule has 0 N–H and O–H groups in total. The van der Waals surface area contributed by atoms with Gasteiger partial charge < -0.3 is 14.2 Å². The molecule has 1 unspecified atom stereocenters. The summed E-state index contributed by atoms with van der Waals surface area (Å²) in [7, 11) is 0. The molecule has 0 aliphatic heterocycles. The standard InChI is InChI=1S/C74H134O6/c1-4-7-10-13-16-18-20-22-24-26-28-30-31-32-33-34-35-36-37-38-39-40-41-42-43-45-46-48-50-52-54-56-58-61-64-67-73(76)79-70-71(69-78-72(75)66-63-60-15-12-9-6-3)80-74(77)68-65-62-59-57-55-53-51-49-47-44-29-27-25-23-21-19-17-14-11-8-5-2/h20-23,26-29,47,49,71H,4-19,24-25,30-46,48,50-70H2,1-3H3/b22-20-,23-21-,28-26-,29-27-,49-47-. The van der Waals surface area contributed by atoms with Gasteiger partial charge in [-0.05, 0) is 89.9 Å². The van der Waals surface area contributed by atoms with Gasteiger partial charge in [-0.1, -0.05) is 326 Å². The first kappa shape index (κ1) is 77.1. The van der Waals surface area contributed by atoms with E-state index in [9.17, 15) is 14.4 Å². The van der Waals surface area contributed by atoms with Gasteiger partial charge in [0.25, 0.3) is 0 Å². The summed E-state index contributed by atoms with van der Waals surface area (Å²) in [5, 5.41) is 0. The third-order valence-electron chi connectivity index (χ3n) is 15.7. The van der Waals surface area contributed by atoms with Gasteiger partial charge >= 0.3 is 17.9 Å². The Balaban J connectivity index is 3.95. The molecule has 0 heterocycles. The lowest BCUT2D eigenvalue weighted by atomic mass is 10.0. The highest BCUT2D eigenvalue weighted by atomic mass is 16.6. The molecule has 0 spiro atoms. The van der Waals surface area contributed by atoms with Gasteiger partial charge in [-0.25, -0.2) is 0 Å². The van der Waals surface area contributed by atoms with Crippen LogP contribution in [-0.2, 0) is 28.6 Å². The van der Waals surface area contributed by atoms with Gasteiger partial charge in [0.05, 0.1) is 0 Å². The number of hydrogen-bond acceptors (Lipinski definition) is 6. The van der Waals surface area contributed by atoms with Crippen LogP contribution >= 0.6 is 0 Å². The molecule has 0 saturated heterocycles. The van der Waals surface area contributed by atoms with Crippen LogP contribution in [0, 0.1) is 0 Å². The first-order valence-corrected chi connectivity index (χ1v) is 35.3. The van der Waals surface area contributed by atoms with Crippen molar-refractivity contribution in [3.8, 4) is 0 Å². The quantitative estimate of drug-likeness (QED) is 0.0261. The van der Waals surface area contributed by atoms with E-state index < -0.39 is 6.10 Å². The highest BCUT2D eigenvalue weighted by molar-refractivity contribution is 5.71. The molecule has 0 radical (unpaired) electrons. The molecule has 466 valence electrons. The fourth-order valence-corrected chi connectivity index (χ4v) is 10.4. The molecule has 0 saturated carbocycles. The lowest BCUT2D eigenvalue weighted by molar-refractivity contribution is -0.167. The van der Waals surface area contributed by atoms with E-state index in [1.807, 2.05) is 0 Å².